The topological polar surface area (TPSA) is 29.5 Å². The van der Waals surface area contributed by atoms with Gasteiger partial charge in [-0.25, -0.2) is 0 Å². The molecule has 0 saturated carbocycles. The van der Waals surface area contributed by atoms with Gasteiger partial charge >= 0.3 is 0 Å². The molecule has 1 aromatic rings. The highest BCUT2D eigenvalue weighted by atomic mass is 79.9. The van der Waals surface area contributed by atoms with Crippen molar-refractivity contribution in [1.29, 1.82) is 0 Å². The van der Waals surface area contributed by atoms with E-state index in [2.05, 4.69) is 22.9 Å². The minimum absolute atomic E-state index is 0.389. The Kier molecular flexibility index (Phi) is 4.42. The van der Waals surface area contributed by atoms with Crippen molar-refractivity contribution in [2.75, 3.05) is 7.11 Å². The van der Waals surface area contributed by atoms with Crippen LogP contribution in [0.1, 0.15) is 31.4 Å². The lowest BCUT2D eigenvalue weighted by Crippen LogP contribution is -1.98. The zero-order valence-electron chi connectivity index (χ0n) is 8.46. The van der Waals surface area contributed by atoms with Crippen molar-refractivity contribution >= 4 is 15.9 Å². The zero-order chi connectivity index (χ0) is 10.6. The number of aliphatic hydroxyl groups is 1. The van der Waals surface area contributed by atoms with Crippen molar-refractivity contribution in [1.82, 2.24) is 0 Å². The quantitative estimate of drug-likeness (QED) is 0.899. The first-order valence-electron chi connectivity index (χ1n) is 4.70. The molecule has 0 aliphatic rings. The zero-order valence-corrected chi connectivity index (χ0v) is 10.0. The maximum absolute atomic E-state index is 9.79. The summed E-state index contributed by atoms with van der Waals surface area (Å²) in [6.45, 7) is 2.06. The molecule has 1 N–H and O–H groups in total. The fourth-order valence-corrected chi connectivity index (χ4v) is 1.96. The van der Waals surface area contributed by atoms with E-state index in [1.54, 1.807) is 7.11 Å². The molecule has 0 amide bonds. The number of rotatable bonds is 4. The molecule has 1 unspecified atom stereocenters. The number of methoxy groups -OCH3 is 1. The molecule has 1 atom stereocenters. The Hall–Kier alpha value is -0.540. The summed E-state index contributed by atoms with van der Waals surface area (Å²) >= 11 is 3.42. The summed E-state index contributed by atoms with van der Waals surface area (Å²) in [5.41, 5.74) is 0.924. The van der Waals surface area contributed by atoms with Gasteiger partial charge in [-0.1, -0.05) is 35.3 Å². The van der Waals surface area contributed by atoms with Gasteiger partial charge in [-0.05, 0) is 24.1 Å². The third kappa shape index (κ3) is 2.72. The maximum atomic E-state index is 9.79. The summed E-state index contributed by atoms with van der Waals surface area (Å²) in [5.74, 6) is 0.796. The Balaban J connectivity index is 2.88. The van der Waals surface area contributed by atoms with Crippen LogP contribution in [0.5, 0.6) is 5.75 Å². The smallest absolute Gasteiger partial charge is 0.120 e. The number of ether oxygens (including phenoxy) is 1. The van der Waals surface area contributed by atoms with Crippen molar-refractivity contribution in [3.05, 3.63) is 28.2 Å². The summed E-state index contributed by atoms with van der Waals surface area (Å²) in [5, 5.41) is 9.79. The third-order valence-corrected chi connectivity index (χ3v) is 2.82. The molecule has 0 radical (unpaired) electrons. The molecular weight excluding hydrogens is 244 g/mol. The van der Waals surface area contributed by atoms with Crippen LogP contribution in [0.15, 0.2) is 22.7 Å². The van der Waals surface area contributed by atoms with Gasteiger partial charge in [0.2, 0.25) is 0 Å². The van der Waals surface area contributed by atoms with E-state index in [0.29, 0.717) is 0 Å². The predicted octanol–water partition coefficient (Wildman–Crippen LogP) is 3.29. The van der Waals surface area contributed by atoms with Crippen LogP contribution in [0.4, 0.5) is 0 Å². The van der Waals surface area contributed by atoms with Gasteiger partial charge in [0, 0.05) is 4.47 Å². The van der Waals surface area contributed by atoms with Crippen LogP contribution < -0.4 is 4.74 Å². The van der Waals surface area contributed by atoms with E-state index in [4.69, 9.17) is 4.74 Å². The Morgan fingerprint density at radius 3 is 2.71 bits per heavy atom. The highest BCUT2D eigenvalue weighted by Crippen LogP contribution is 2.29. The van der Waals surface area contributed by atoms with Crippen molar-refractivity contribution in [2.45, 2.75) is 25.9 Å². The van der Waals surface area contributed by atoms with Crippen LogP contribution in [0.25, 0.3) is 0 Å². The molecule has 0 heterocycles. The third-order valence-electron chi connectivity index (χ3n) is 2.13. The van der Waals surface area contributed by atoms with E-state index >= 15 is 0 Å². The largest absolute Gasteiger partial charge is 0.497 e. The van der Waals surface area contributed by atoms with Gasteiger partial charge in [0.1, 0.15) is 5.75 Å². The maximum Gasteiger partial charge on any atom is 0.120 e. The first-order valence-corrected chi connectivity index (χ1v) is 5.49. The highest BCUT2D eigenvalue weighted by molar-refractivity contribution is 9.10. The predicted molar refractivity (Wildman–Crippen MR) is 60.6 cm³/mol. The lowest BCUT2D eigenvalue weighted by molar-refractivity contribution is 0.165. The van der Waals surface area contributed by atoms with Crippen LogP contribution in [0, 0.1) is 0 Å². The molecule has 3 heteroatoms. The molecule has 0 bridgehead atoms. The van der Waals surface area contributed by atoms with Gasteiger partial charge in [0.25, 0.3) is 0 Å². The minimum atomic E-state index is -0.389. The molecular formula is C11H15BrO2. The average molecular weight is 259 g/mol. The summed E-state index contributed by atoms with van der Waals surface area (Å²) in [7, 11) is 1.63. The van der Waals surface area contributed by atoms with Gasteiger partial charge in [-0.3, -0.25) is 0 Å². The second-order valence-electron chi connectivity index (χ2n) is 3.19. The summed E-state index contributed by atoms with van der Waals surface area (Å²) in [6, 6.07) is 5.62. The fraction of sp³-hybridized carbons (Fsp3) is 0.455. The van der Waals surface area contributed by atoms with Gasteiger partial charge < -0.3 is 9.84 Å². The molecule has 78 valence electrons. The number of halogens is 1. The number of hydrogen-bond acceptors (Lipinski definition) is 2. The first kappa shape index (κ1) is 11.5. The van der Waals surface area contributed by atoms with Gasteiger partial charge in [-0.15, -0.1) is 0 Å². The van der Waals surface area contributed by atoms with Gasteiger partial charge in [0.15, 0.2) is 0 Å². The number of benzene rings is 1. The molecule has 0 fully saturated rings. The standard InChI is InChI=1S/C11H15BrO2/c1-3-4-11(13)9-6-5-8(14-2)7-10(9)12/h5-7,11,13H,3-4H2,1-2H3. The summed E-state index contributed by atoms with van der Waals surface area (Å²) < 4.78 is 5.98. The second kappa shape index (κ2) is 5.37. The molecule has 0 aliphatic carbocycles. The summed E-state index contributed by atoms with van der Waals surface area (Å²) in [4.78, 5) is 0. The van der Waals surface area contributed by atoms with Crippen LogP contribution in [0.2, 0.25) is 0 Å². The van der Waals surface area contributed by atoms with Crippen molar-refractivity contribution in [3.63, 3.8) is 0 Å². The number of hydrogen-bond donors (Lipinski definition) is 1. The van der Waals surface area contributed by atoms with Crippen LogP contribution in [-0.2, 0) is 0 Å². The molecule has 1 aromatic carbocycles. The molecule has 0 aromatic heterocycles. The van der Waals surface area contributed by atoms with Crippen molar-refractivity contribution < 1.29 is 9.84 Å². The van der Waals surface area contributed by atoms with E-state index < -0.39 is 0 Å². The average Bonchev–Trinajstić information content (AvgIpc) is 2.17. The monoisotopic (exact) mass is 258 g/mol. The Morgan fingerprint density at radius 1 is 1.50 bits per heavy atom. The SMILES string of the molecule is CCCC(O)c1ccc(OC)cc1Br. The second-order valence-corrected chi connectivity index (χ2v) is 4.05. The van der Waals surface area contributed by atoms with Crippen LogP contribution >= 0.6 is 15.9 Å². The first-order chi connectivity index (χ1) is 6.69. The van der Waals surface area contributed by atoms with E-state index in [9.17, 15) is 5.11 Å². The van der Waals surface area contributed by atoms with Gasteiger partial charge in [-0.2, -0.15) is 0 Å². The normalized spacial score (nSPS) is 12.6. The van der Waals surface area contributed by atoms with Gasteiger partial charge in [0.05, 0.1) is 13.2 Å². The lowest BCUT2D eigenvalue weighted by atomic mass is 10.1. The van der Waals surface area contributed by atoms with Crippen LogP contribution in [-0.4, -0.2) is 12.2 Å². The molecule has 14 heavy (non-hydrogen) atoms. The molecule has 0 aliphatic heterocycles. The van der Waals surface area contributed by atoms with E-state index in [1.807, 2.05) is 18.2 Å². The van der Waals surface area contributed by atoms with Crippen molar-refractivity contribution in [2.24, 2.45) is 0 Å². The van der Waals surface area contributed by atoms with Crippen LogP contribution in [0.3, 0.4) is 0 Å². The molecule has 0 spiro atoms. The highest BCUT2D eigenvalue weighted by Gasteiger charge is 2.10. The Morgan fingerprint density at radius 2 is 2.21 bits per heavy atom. The molecule has 2 nitrogen and oxygen atoms in total. The number of aliphatic hydroxyl groups excluding tert-OH is 1. The fourth-order valence-electron chi connectivity index (χ4n) is 1.33. The minimum Gasteiger partial charge on any atom is -0.497 e. The van der Waals surface area contributed by atoms with E-state index in [1.165, 1.54) is 0 Å². The lowest BCUT2D eigenvalue weighted by Gasteiger charge is -2.12. The van der Waals surface area contributed by atoms with E-state index in [0.717, 1.165) is 28.6 Å². The Bertz CT molecular complexity index is 299. The Labute approximate surface area is 93.0 Å². The van der Waals surface area contributed by atoms with E-state index in [-0.39, 0.29) is 6.10 Å². The molecule has 0 saturated heterocycles. The molecule has 1 rings (SSSR count). The summed E-state index contributed by atoms with van der Waals surface area (Å²) in [6.07, 6.45) is 1.37. The van der Waals surface area contributed by atoms with Crippen molar-refractivity contribution in [3.8, 4) is 5.75 Å².